The summed E-state index contributed by atoms with van der Waals surface area (Å²) < 4.78 is 16.7. The third kappa shape index (κ3) is 7.49. The predicted octanol–water partition coefficient (Wildman–Crippen LogP) is 5.55. The van der Waals surface area contributed by atoms with Crippen molar-refractivity contribution in [3.8, 4) is 57.5 Å². The number of phenols is 9. The summed E-state index contributed by atoms with van der Waals surface area (Å²) in [4.78, 5) is 24.6. The van der Waals surface area contributed by atoms with Crippen LogP contribution in [0.15, 0.2) is 75.5 Å². The molecule has 6 rings (SSSR count). The number of carbonyl (C=O) groups excluding carboxylic acids is 1. The van der Waals surface area contributed by atoms with Crippen molar-refractivity contribution in [2.24, 2.45) is 0 Å². The van der Waals surface area contributed by atoms with Gasteiger partial charge in [0.05, 0.1) is 5.56 Å². The summed E-state index contributed by atoms with van der Waals surface area (Å²) in [6.07, 6.45) is 0.112. The average molecular weight is 703 g/mol. The van der Waals surface area contributed by atoms with Crippen molar-refractivity contribution in [1.29, 1.82) is 0 Å². The summed E-state index contributed by atoms with van der Waals surface area (Å²) in [7, 11) is 0. The summed E-state index contributed by atoms with van der Waals surface area (Å²) in [6, 6.07) is 10.8. The number of esters is 1. The molecule has 0 saturated carbocycles. The van der Waals surface area contributed by atoms with Crippen molar-refractivity contribution < 1.29 is 64.6 Å². The van der Waals surface area contributed by atoms with Crippen molar-refractivity contribution in [2.45, 2.75) is 45.8 Å². The Labute approximate surface area is 289 Å². The van der Waals surface area contributed by atoms with Gasteiger partial charge in [0.2, 0.25) is 0 Å². The first-order chi connectivity index (χ1) is 24.0. The molecule has 0 aliphatic carbocycles. The minimum atomic E-state index is -1.06. The number of carbonyl (C=O) groups is 1. The second-order valence-electron chi connectivity index (χ2n) is 12.0. The highest BCUT2D eigenvalue weighted by atomic mass is 16.6. The van der Waals surface area contributed by atoms with Crippen LogP contribution in [0.1, 0.15) is 52.8 Å². The number of aromatic hydroxyl groups is 9. The molecule has 0 bridgehead atoms. The quantitative estimate of drug-likeness (QED) is 0.0619. The van der Waals surface area contributed by atoms with E-state index in [-0.39, 0.29) is 68.4 Å². The molecule has 2 heterocycles. The normalized spacial score (nSPS) is 14.8. The molecule has 0 fully saturated rings. The van der Waals surface area contributed by atoms with E-state index in [1.807, 2.05) is 19.9 Å². The van der Waals surface area contributed by atoms with Crippen LogP contribution in [0.4, 0.5) is 0 Å². The molecule has 2 atom stereocenters. The largest absolute Gasteiger partial charge is 0.508 e. The Morgan fingerprint density at radius 3 is 2.14 bits per heavy atom. The number of hydrogen-bond acceptors (Lipinski definition) is 14. The number of fused-ring (bicyclic) bond motifs is 2. The molecule has 0 radical (unpaired) electrons. The Bertz CT molecular complexity index is 2220. The van der Waals surface area contributed by atoms with Gasteiger partial charge in [-0.25, -0.2) is 4.79 Å². The molecule has 9 N–H and O–H groups in total. The van der Waals surface area contributed by atoms with Gasteiger partial charge in [-0.1, -0.05) is 17.7 Å². The Kier molecular flexibility index (Phi) is 9.80. The lowest BCUT2D eigenvalue weighted by atomic mass is 9.93. The molecule has 51 heavy (non-hydrogen) atoms. The second kappa shape index (κ2) is 14.0. The molecule has 0 saturated heterocycles. The van der Waals surface area contributed by atoms with E-state index in [1.165, 1.54) is 36.4 Å². The fourth-order valence-corrected chi connectivity index (χ4v) is 5.44. The van der Waals surface area contributed by atoms with Gasteiger partial charge in [0.25, 0.3) is 0 Å². The maximum absolute atomic E-state index is 12.7. The Morgan fingerprint density at radius 1 is 0.804 bits per heavy atom. The molecule has 14 nitrogen and oxygen atoms in total. The van der Waals surface area contributed by atoms with Crippen LogP contribution >= 0.6 is 0 Å². The monoisotopic (exact) mass is 702 g/mol. The van der Waals surface area contributed by atoms with Crippen LogP contribution in [0.3, 0.4) is 0 Å². The zero-order chi connectivity index (χ0) is 37.3. The maximum Gasteiger partial charge on any atom is 0.338 e. The molecule has 14 heteroatoms. The third-order valence-corrected chi connectivity index (χ3v) is 7.97. The maximum atomic E-state index is 12.7. The highest BCUT2D eigenvalue weighted by molar-refractivity contribution is 5.91. The Morgan fingerprint density at radius 2 is 1.49 bits per heavy atom. The van der Waals surface area contributed by atoms with Crippen LogP contribution in [0.5, 0.6) is 57.5 Å². The summed E-state index contributed by atoms with van der Waals surface area (Å²) >= 11 is 0. The fraction of sp³-hybridized carbons (Fsp3) is 0.189. The molecule has 0 amide bonds. The minimum absolute atomic E-state index is 0.0461. The Balaban J connectivity index is 0.000000226. The number of rotatable bonds is 5. The molecule has 1 aliphatic rings. The first-order valence-electron chi connectivity index (χ1n) is 15.3. The van der Waals surface area contributed by atoms with Crippen molar-refractivity contribution in [2.75, 3.05) is 0 Å². The SMILES string of the molecule is CC(C)=CCc1c(O)cc2oc(C)cc(=O)c2c1O.O=C(OC1Cc2c(O)cc(O)cc2OC1c1ccc(O)c(O)c1)c1cc(O)c(O)c(O)c1. The lowest BCUT2D eigenvalue weighted by Gasteiger charge is -2.34. The number of allylic oxidation sites excluding steroid dienone is 2. The number of phenolic OH excluding ortho intramolecular Hbond substituents is 9. The van der Waals surface area contributed by atoms with Gasteiger partial charge in [0.1, 0.15) is 51.6 Å². The van der Waals surface area contributed by atoms with Crippen LogP contribution in [0.25, 0.3) is 11.0 Å². The van der Waals surface area contributed by atoms with E-state index in [0.29, 0.717) is 23.3 Å². The van der Waals surface area contributed by atoms with Gasteiger partial charge in [-0.15, -0.1) is 0 Å². The van der Waals surface area contributed by atoms with E-state index in [4.69, 9.17) is 13.9 Å². The van der Waals surface area contributed by atoms with Gasteiger partial charge in [-0.2, -0.15) is 0 Å². The minimum Gasteiger partial charge on any atom is -0.508 e. The molecule has 1 aromatic heterocycles. The van der Waals surface area contributed by atoms with Crippen LogP contribution in [0.2, 0.25) is 0 Å². The molecule has 4 aromatic carbocycles. The van der Waals surface area contributed by atoms with E-state index < -0.39 is 41.2 Å². The summed E-state index contributed by atoms with van der Waals surface area (Å²) in [6.45, 7) is 5.49. The highest BCUT2D eigenvalue weighted by Gasteiger charge is 2.37. The topological polar surface area (TPSA) is 248 Å². The number of aryl methyl sites for hydroxylation is 1. The number of benzene rings is 4. The first kappa shape index (κ1) is 35.6. The van der Waals surface area contributed by atoms with Crippen molar-refractivity contribution in [1.82, 2.24) is 0 Å². The van der Waals surface area contributed by atoms with E-state index in [0.717, 1.165) is 23.8 Å². The van der Waals surface area contributed by atoms with E-state index in [9.17, 15) is 55.5 Å². The molecule has 1 aliphatic heterocycles. The summed E-state index contributed by atoms with van der Waals surface area (Å²) in [5.74, 6) is -4.27. The molecule has 5 aromatic rings. The predicted molar refractivity (Wildman–Crippen MR) is 181 cm³/mol. The van der Waals surface area contributed by atoms with Crippen molar-refractivity contribution >= 4 is 16.9 Å². The van der Waals surface area contributed by atoms with Gasteiger partial charge in [0.15, 0.2) is 40.3 Å². The molecule has 0 spiro atoms. The zero-order valence-electron chi connectivity index (χ0n) is 27.4. The van der Waals surface area contributed by atoms with Gasteiger partial charge in [-0.3, -0.25) is 4.79 Å². The van der Waals surface area contributed by atoms with Crippen LogP contribution in [0, 0.1) is 6.92 Å². The van der Waals surface area contributed by atoms with Gasteiger partial charge >= 0.3 is 5.97 Å². The molecular formula is C37H34O14. The molecule has 2 unspecified atom stereocenters. The lowest BCUT2D eigenvalue weighted by molar-refractivity contribution is -0.0189. The second-order valence-corrected chi connectivity index (χ2v) is 12.0. The fourth-order valence-electron chi connectivity index (χ4n) is 5.44. The van der Waals surface area contributed by atoms with Crippen LogP contribution in [-0.2, 0) is 17.6 Å². The number of hydrogen-bond donors (Lipinski definition) is 9. The average Bonchev–Trinajstić information content (AvgIpc) is 3.04. The van der Waals surface area contributed by atoms with E-state index in [2.05, 4.69) is 0 Å². The van der Waals surface area contributed by atoms with Crippen molar-refractivity contribution in [3.63, 3.8) is 0 Å². The van der Waals surface area contributed by atoms with Gasteiger partial charge in [0, 0.05) is 47.4 Å². The van der Waals surface area contributed by atoms with E-state index >= 15 is 0 Å². The summed E-state index contributed by atoms with van der Waals surface area (Å²) in [5.41, 5.74) is 1.61. The standard InChI is InChI=1S/C22H18O10.C15H16O4/c23-11-6-14(25)12-8-19(32-22(30)10-4-16(27)20(29)17(28)5-10)21(31-18(12)7-11)9-1-2-13(24)15(26)3-9;1-8(2)4-5-10-11(16)7-13-14(15(10)18)12(17)6-9(3)19-13/h1-7,19,21,23-29H,8H2;4,6-7,16,18H,5H2,1-3H3. The molecule has 266 valence electrons. The van der Waals surface area contributed by atoms with Gasteiger partial charge in [-0.05, 0) is 51.5 Å². The third-order valence-electron chi connectivity index (χ3n) is 7.97. The zero-order valence-corrected chi connectivity index (χ0v) is 27.4. The molecular weight excluding hydrogens is 668 g/mol. The Hall–Kier alpha value is -6.70. The van der Waals surface area contributed by atoms with Gasteiger partial charge < -0.3 is 59.8 Å². The van der Waals surface area contributed by atoms with E-state index in [1.54, 1.807) is 6.92 Å². The van der Waals surface area contributed by atoms with Crippen LogP contribution in [-0.4, -0.2) is 58.0 Å². The highest BCUT2D eigenvalue weighted by Crippen LogP contribution is 2.44. The smallest absolute Gasteiger partial charge is 0.338 e. The van der Waals surface area contributed by atoms with Crippen LogP contribution < -0.4 is 10.2 Å². The first-order valence-corrected chi connectivity index (χ1v) is 15.3. The van der Waals surface area contributed by atoms with Crippen molar-refractivity contribution in [3.05, 3.63) is 104 Å². The number of ether oxygens (including phenoxy) is 2. The lowest BCUT2D eigenvalue weighted by Crippen LogP contribution is -2.34. The summed E-state index contributed by atoms with van der Waals surface area (Å²) in [5, 5.41) is 88.5.